The molecule has 0 amide bonds. The number of rotatable bonds is 5. The molecule has 1 fully saturated rings. The van der Waals surface area contributed by atoms with Crippen LogP contribution >= 0.6 is 23.2 Å². The van der Waals surface area contributed by atoms with Gasteiger partial charge in [-0.25, -0.2) is 17.6 Å². The molecular formula is C21H16Cl2F4O2. The van der Waals surface area contributed by atoms with Crippen molar-refractivity contribution >= 4 is 29.2 Å². The molecule has 1 saturated carbocycles. The Balaban J connectivity index is 1.88. The van der Waals surface area contributed by atoms with Crippen LogP contribution in [0.5, 0.6) is 0 Å². The van der Waals surface area contributed by atoms with Gasteiger partial charge in [-0.15, -0.1) is 0 Å². The Morgan fingerprint density at radius 2 is 1.66 bits per heavy atom. The first-order chi connectivity index (χ1) is 13.6. The van der Waals surface area contributed by atoms with Crippen molar-refractivity contribution in [3.63, 3.8) is 0 Å². The minimum Gasteiger partial charge on any atom is -0.460 e. The van der Waals surface area contributed by atoms with Crippen LogP contribution in [-0.4, -0.2) is 5.97 Å². The van der Waals surface area contributed by atoms with Gasteiger partial charge in [0.05, 0.1) is 17.0 Å². The Labute approximate surface area is 175 Å². The second-order valence-electron chi connectivity index (χ2n) is 7.36. The molecule has 1 aliphatic rings. The third kappa shape index (κ3) is 4.01. The zero-order chi connectivity index (χ0) is 21.5. The number of benzene rings is 2. The van der Waals surface area contributed by atoms with Crippen molar-refractivity contribution in [2.24, 2.45) is 17.3 Å². The summed E-state index contributed by atoms with van der Waals surface area (Å²) in [5.41, 5.74) is -2.07. The summed E-state index contributed by atoms with van der Waals surface area (Å²) in [6, 6.07) is 7.32. The standard InChI is InChI=1S/C21H16Cl2F4O2/c1-21(2)12(8-13(22)23)15(21)20(28)29-9-11-16(24)14(10-6-4-3-5-7-10)18(26)19(27)17(11)25/h3-8,12,15H,9H2,1-2H3/t12-,15-/m1/s1. The number of hydrogen-bond acceptors (Lipinski definition) is 2. The van der Waals surface area contributed by atoms with Gasteiger partial charge >= 0.3 is 5.97 Å². The van der Waals surface area contributed by atoms with E-state index in [-0.39, 0.29) is 16.0 Å². The van der Waals surface area contributed by atoms with Gasteiger partial charge in [-0.1, -0.05) is 67.4 Å². The van der Waals surface area contributed by atoms with Crippen molar-refractivity contribution in [3.8, 4) is 11.1 Å². The van der Waals surface area contributed by atoms with E-state index >= 15 is 0 Å². The molecule has 0 N–H and O–H groups in total. The van der Waals surface area contributed by atoms with E-state index in [9.17, 15) is 22.4 Å². The fourth-order valence-electron chi connectivity index (χ4n) is 3.47. The van der Waals surface area contributed by atoms with E-state index in [4.69, 9.17) is 27.9 Å². The lowest BCUT2D eigenvalue weighted by atomic mass is 10.0. The highest BCUT2D eigenvalue weighted by Gasteiger charge is 2.61. The molecule has 0 spiro atoms. The average Bonchev–Trinajstić information content (AvgIpc) is 3.20. The van der Waals surface area contributed by atoms with Gasteiger partial charge in [0, 0.05) is 0 Å². The lowest BCUT2D eigenvalue weighted by Gasteiger charge is -2.13. The van der Waals surface area contributed by atoms with Crippen LogP contribution in [0.15, 0.2) is 40.9 Å². The van der Waals surface area contributed by atoms with Crippen molar-refractivity contribution in [3.05, 3.63) is 69.7 Å². The lowest BCUT2D eigenvalue weighted by Crippen LogP contribution is -2.14. The lowest BCUT2D eigenvalue weighted by molar-refractivity contribution is -0.147. The normalized spacial score (nSPS) is 19.6. The molecule has 8 heteroatoms. The fraction of sp³-hybridized carbons (Fsp3) is 0.286. The fourth-order valence-corrected chi connectivity index (χ4v) is 3.75. The summed E-state index contributed by atoms with van der Waals surface area (Å²) in [4.78, 5) is 12.4. The van der Waals surface area contributed by atoms with Gasteiger partial charge in [0.15, 0.2) is 17.5 Å². The number of ether oxygens (including phenoxy) is 1. The summed E-state index contributed by atoms with van der Waals surface area (Å²) in [5, 5.41) is 0. The number of carbonyl (C=O) groups excluding carboxylic acids is 1. The van der Waals surface area contributed by atoms with E-state index in [1.165, 1.54) is 30.3 Å². The summed E-state index contributed by atoms with van der Waals surface area (Å²) < 4.78 is 62.3. The van der Waals surface area contributed by atoms with E-state index in [2.05, 4.69) is 0 Å². The van der Waals surface area contributed by atoms with Crippen LogP contribution < -0.4 is 0 Å². The molecule has 0 aromatic heterocycles. The smallest absolute Gasteiger partial charge is 0.310 e. The quantitative estimate of drug-likeness (QED) is 0.225. The number of carbonyl (C=O) groups is 1. The Hall–Kier alpha value is -2.05. The van der Waals surface area contributed by atoms with Crippen molar-refractivity contribution in [2.75, 3.05) is 0 Å². The van der Waals surface area contributed by atoms with E-state index in [1.807, 2.05) is 0 Å². The Morgan fingerprint density at radius 1 is 1.03 bits per heavy atom. The number of allylic oxidation sites excluding steroid dienone is 1. The predicted octanol–water partition coefficient (Wildman–Crippen LogP) is 6.54. The highest BCUT2D eigenvalue weighted by Crippen LogP contribution is 2.60. The zero-order valence-electron chi connectivity index (χ0n) is 15.4. The Morgan fingerprint density at radius 3 is 2.24 bits per heavy atom. The maximum atomic E-state index is 14.8. The molecule has 2 aromatic carbocycles. The molecule has 29 heavy (non-hydrogen) atoms. The third-order valence-corrected chi connectivity index (χ3v) is 5.50. The molecule has 0 heterocycles. The number of hydrogen-bond donors (Lipinski definition) is 0. The molecule has 2 atom stereocenters. The van der Waals surface area contributed by atoms with Gasteiger partial charge in [0.2, 0.25) is 0 Å². The second kappa shape index (κ2) is 8.00. The minimum absolute atomic E-state index is 0.0106. The van der Waals surface area contributed by atoms with Gasteiger partial charge in [-0.05, 0) is 23.0 Å². The zero-order valence-corrected chi connectivity index (χ0v) is 16.9. The van der Waals surface area contributed by atoms with E-state index in [1.54, 1.807) is 19.9 Å². The van der Waals surface area contributed by atoms with Crippen LogP contribution in [0.3, 0.4) is 0 Å². The molecule has 0 unspecified atom stereocenters. The van der Waals surface area contributed by atoms with Crippen LogP contribution in [-0.2, 0) is 16.1 Å². The number of esters is 1. The first-order valence-electron chi connectivity index (χ1n) is 8.67. The van der Waals surface area contributed by atoms with E-state index in [0.717, 1.165) is 0 Å². The van der Waals surface area contributed by atoms with Crippen LogP contribution in [0.4, 0.5) is 17.6 Å². The highest BCUT2D eigenvalue weighted by molar-refractivity contribution is 6.55. The molecule has 0 radical (unpaired) electrons. The monoisotopic (exact) mass is 446 g/mol. The average molecular weight is 447 g/mol. The molecule has 2 nitrogen and oxygen atoms in total. The summed E-state index contributed by atoms with van der Waals surface area (Å²) in [6.07, 6.45) is 1.49. The van der Waals surface area contributed by atoms with E-state index < -0.39 is 58.3 Å². The number of halogens is 6. The molecule has 0 aliphatic heterocycles. The van der Waals surface area contributed by atoms with Crippen molar-refractivity contribution < 1.29 is 27.1 Å². The third-order valence-electron chi connectivity index (χ3n) is 5.25. The molecule has 2 aromatic rings. The first kappa shape index (κ1) is 21.7. The highest BCUT2D eigenvalue weighted by atomic mass is 35.5. The largest absolute Gasteiger partial charge is 0.460 e. The first-order valence-corrected chi connectivity index (χ1v) is 9.42. The topological polar surface area (TPSA) is 26.3 Å². The van der Waals surface area contributed by atoms with Gasteiger partial charge in [0.1, 0.15) is 16.9 Å². The Kier molecular flexibility index (Phi) is 5.97. The van der Waals surface area contributed by atoms with Crippen LogP contribution in [0, 0.1) is 40.5 Å². The predicted molar refractivity (Wildman–Crippen MR) is 102 cm³/mol. The molecule has 3 rings (SSSR count). The van der Waals surface area contributed by atoms with Crippen molar-refractivity contribution in [1.82, 2.24) is 0 Å². The minimum atomic E-state index is -1.84. The van der Waals surface area contributed by atoms with Crippen molar-refractivity contribution in [2.45, 2.75) is 20.5 Å². The van der Waals surface area contributed by atoms with Gasteiger partial charge in [0.25, 0.3) is 0 Å². The molecule has 0 saturated heterocycles. The molecular weight excluding hydrogens is 431 g/mol. The van der Waals surface area contributed by atoms with Gasteiger partial charge in [-0.3, -0.25) is 4.79 Å². The van der Waals surface area contributed by atoms with Gasteiger partial charge < -0.3 is 4.74 Å². The van der Waals surface area contributed by atoms with Gasteiger partial charge in [-0.2, -0.15) is 0 Å². The summed E-state index contributed by atoms with van der Waals surface area (Å²) in [6.45, 7) is 2.68. The summed E-state index contributed by atoms with van der Waals surface area (Å²) in [5.74, 6) is -8.21. The molecule has 0 bridgehead atoms. The summed E-state index contributed by atoms with van der Waals surface area (Å²) in [7, 11) is 0. The molecule has 1 aliphatic carbocycles. The molecule has 154 valence electrons. The Bertz CT molecular complexity index is 986. The van der Waals surface area contributed by atoms with Crippen LogP contribution in [0.25, 0.3) is 11.1 Å². The van der Waals surface area contributed by atoms with E-state index in [0.29, 0.717) is 0 Å². The maximum absolute atomic E-state index is 14.8. The SMILES string of the molecule is CC1(C)[C@H](C=C(Cl)Cl)[C@@H]1C(=O)OCc1c(F)c(F)c(F)c(-c2ccccc2)c1F. The van der Waals surface area contributed by atoms with Crippen LogP contribution in [0.1, 0.15) is 19.4 Å². The summed E-state index contributed by atoms with van der Waals surface area (Å²) >= 11 is 11.3. The second-order valence-corrected chi connectivity index (χ2v) is 8.37. The van der Waals surface area contributed by atoms with Crippen molar-refractivity contribution in [1.29, 1.82) is 0 Å². The maximum Gasteiger partial charge on any atom is 0.310 e. The van der Waals surface area contributed by atoms with Crippen LogP contribution in [0.2, 0.25) is 0 Å².